The van der Waals surface area contributed by atoms with Crippen LogP contribution in [0.1, 0.15) is 12.8 Å². The minimum Gasteiger partial charge on any atom is -0.454 e. The van der Waals surface area contributed by atoms with Gasteiger partial charge in [-0.15, -0.1) is 0 Å². The number of hydrogen-bond donors (Lipinski definition) is 0. The van der Waals surface area contributed by atoms with Gasteiger partial charge in [0.2, 0.25) is 0 Å². The van der Waals surface area contributed by atoms with Crippen LogP contribution in [0.15, 0.2) is 0 Å². The van der Waals surface area contributed by atoms with E-state index in [-0.39, 0.29) is 5.97 Å². The quantitative estimate of drug-likeness (QED) is 0.518. The van der Waals surface area contributed by atoms with Gasteiger partial charge in [0, 0.05) is 28.4 Å². The number of rotatable bonds is 5. The van der Waals surface area contributed by atoms with Crippen LogP contribution in [-0.4, -0.2) is 31.9 Å². The molecule has 0 aromatic heterocycles. The second-order valence-electron chi connectivity index (χ2n) is 3.00. The molecule has 3 atom stereocenters. The molecule has 0 aromatic rings. The van der Waals surface area contributed by atoms with Gasteiger partial charge in [-0.2, -0.15) is 0 Å². The fraction of sp³-hybridized carbons (Fsp3) is 0.857. The van der Waals surface area contributed by atoms with Gasteiger partial charge in [0.25, 0.3) is 0 Å². The Kier molecular flexibility index (Phi) is 4.54. The second kappa shape index (κ2) is 5.21. The molecule has 1 rings (SSSR count). The molecule has 0 bridgehead atoms. The summed E-state index contributed by atoms with van der Waals surface area (Å²) in [6.07, 6.45) is 1.15. The number of esters is 1. The van der Waals surface area contributed by atoms with E-state index in [0.717, 1.165) is 0 Å². The Morgan fingerprint density at radius 3 is 2.92 bits per heavy atom. The Morgan fingerprint density at radius 2 is 2.46 bits per heavy atom. The SMILES string of the molecule is COCC1(COPP)CCC(=O)O1. The standard InChI is InChI=1S/C7H14O4P2/c1-9-4-7(5-10-13-12)3-2-6(8)11-7/h13H,2-5,12H2,1H3. The van der Waals surface area contributed by atoms with Crippen LogP contribution in [0.2, 0.25) is 0 Å². The van der Waals surface area contributed by atoms with Crippen molar-refractivity contribution in [3.05, 3.63) is 0 Å². The van der Waals surface area contributed by atoms with Crippen LogP contribution >= 0.6 is 17.4 Å². The van der Waals surface area contributed by atoms with Crippen LogP contribution in [0, 0.1) is 0 Å². The van der Waals surface area contributed by atoms with Crippen molar-refractivity contribution in [3.8, 4) is 0 Å². The van der Waals surface area contributed by atoms with E-state index in [1.54, 1.807) is 7.11 Å². The van der Waals surface area contributed by atoms with Crippen molar-refractivity contribution < 1.29 is 18.8 Å². The van der Waals surface area contributed by atoms with Gasteiger partial charge in [-0.25, -0.2) is 0 Å². The van der Waals surface area contributed by atoms with Crippen LogP contribution in [0.5, 0.6) is 0 Å². The summed E-state index contributed by atoms with van der Waals surface area (Å²) in [5.74, 6) is -0.160. The molecule has 0 radical (unpaired) electrons. The highest BCUT2D eigenvalue weighted by Gasteiger charge is 2.40. The lowest BCUT2D eigenvalue weighted by Crippen LogP contribution is -2.38. The molecule has 76 valence electrons. The largest absolute Gasteiger partial charge is 0.454 e. The number of cyclic esters (lactones) is 1. The molecule has 0 N–H and O–H groups in total. The molecule has 4 nitrogen and oxygen atoms in total. The van der Waals surface area contributed by atoms with Crippen LogP contribution in [0.25, 0.3) is 0 Å². The highest BCUT2D eigenvalue weighted by molar-refractivity contribution is 8.00. The third kappa shape index (κ3) is 3.14. The molecule has 0 saturated carbocycles. The maximum Gasteiger partial charge on any atom is 0.306 e. The monoisotopic (exact) mass is 224 g/mol. The molecular formula is C7H14O4P2. The topological polar surface area (TPSA) is 44.8 Å². The maximum atomic E-state index is 11.0. The van der Waals surface area contributed by atoms with Crippen molar-refractivity contribution in [2.75, 3.05) is 20.3 Å². The fourth-order valence-electron chi connectivity index (χ4n) is 1.35. The molecule has 0 amide bonds. The first kappa shape index (κ1) is 11.3. The second-order valence-corrected chi connectivity index (χ2v) is 4.23. The predicted octanol–water partition coefficient (Wildman–Crippen LogP) is 1.11. The van der Waals surface area contributed by atoms with Crippen LogP contribution < -0.4 is 0 Å². The van der Waals surface area contributed by atoms with Crippen molar-refractivity contribution in [2.45, 2.75) is 18.4 Å². The fourth-order valence-corrected chi connectivity index (χ4v) is 1.95. The molecule has 1 aliphatic rings. The minimum absolute atomic E-state index is 0.160. The van der Waals surface area contributed by atoms with E-state index in [4.69, 9.17) is 14.0 Å². The maximum absolute atomic E-state index is 11.0. The lowest BCUT2D eigenvalue weighted by molar-refractivity contribution is -0.155. The number of hydrogen-bond acceptors (Lipinski definition) is 4. The summed E-state index contributed by atoms with van der Waals surface area (Å²) in [6.45, 7) is 0.836. The summed E-state index contributed by atoms with van der Waals surface area (Å²) in [7, 11) is 4.41. The third-order valence-electron chi connectivity index (χ3n) is 1.94. The number of carbonyl (C=O) groups is 1. The molecule has 1 aliphatic heterocycles. The van der Waals surface area contributed by atoms with Crippen molar-refractivity contribution in [3.63, 3.8) is 0 Å². The van der Waals surface area contributed by atoms with Crippen LogP contribution in [0.3, 0.4) is 0 Å². The molecule has 1 heterocycles. The number of carbonyl (C=O) groups excluding carboxylic acids is 1. The molecule has 1 fully saturated rings. The van der Waals surface area contributed by atoms with Crippen LogP contribution in [0.4, 0.5) is 0 Å². The summed E-state index contributed by atoms with van der Waals surface area (Å²) >= 11 is 0. The average Bonchev–Trinajstić information content (AvgIpc) is 2.46. The van der Waals surface area contributed by atoms with Gasteiger partial charge in [-0.1, -0.05) is 8.93 Å². The first-order chi connectivity index (χ1) is 6.22. The van der Waals surface area contributed by atoms with E-state index in [1.165, 1.54) is 0 Å². The molecule has 3 unspecified atom stereocenters. The van der Waals surface area contributed by atoms with Gasteiger partial charge >= 0.3 is 5.97 Å². The Morgan fingerprint density at radius 1 is 1.69 bits per heavy atom. The minimum atomic E-state index is -0.532. The molecule has 0 aromatic carbocycles. The third-order valence-corrected chi connectivity index (χ3v) is 2.75. The smallest absolute Gasteiger partial charge is 0.306 e. The van der Waals surface area contributed by atoms with E-state index < -0.39 is 5.60 Å². The van der Waals surface area contributed by atoms with E-state index in [0.29, 0.717) is 34.6 Å². The van der Waals surface area contributed by atoms with Gasteiger partial charge in [0.05, 0.1) is 13.2 Å². The zero-order chi connectivity index (χ0) is 9.73. The Hall–Kier alpha value is 0.250. The summed E-state index contributed by atoms with van der Waals surface area (Å²) < 4.78 is 15.5. The lowest BCUT2D eigenvalue weighted by atomic mass is 10.0. The average molecular weight is 224 g/mol. The van der Waals surface area contributed by atoms with E-state index in [1.807, 2.05) is 0 Å². The number of ether oxygens (including phenoxy) is 2. The summed E-state index contributed by atoms with van der Waals surface area (Å²) in [6, 6.07) is 0. The Labute approximate surface area is 81.7 Å². The molecule has 0 spiro atoms. The molecular weight excluding hydrogens is 210 g/mol. The van der Waals surface area contributed by atoms with Crippen molar-refractivity contribution in [1.82, 2.24) is 0 Å². The van der Waals surface area contributed by atoms with E-state index in [2.05, 4.69) is 8.93 Å². The predicted molar refractivity (Wildman–Crippen MR) is 53.9 cm³/mol. The zero-order valence-electron chi connectivity index (χ0n) is 7.54. The van der Waals surface area contributed by atoms with Crippen LogP contribution in [-0.2, 0) is 18.8 Å². The first-order valence-corrected chi connectivity index (χ1v) is 6.72. The zero-order valence-corrected chi connectivity index (χ0v) is 9.69. The molecule has 6 heteroatoms. The van der Waals surface area contributed by atoms with Gasteiger partial charge < -0.3 is 14.0 Å². The van der Waals surface area contributed by atoms with E-state index >= 15 is 0 Å². The van der Waals surface area contributed by atoms with Gasteiger partial charge in [-0.3, -0.25) is 4.79 Å². The lowest BCUT2D eigenvalue weighted by Gasteiger charge is -2.25. The normalized spacial score (nSPS) is 28.6. The Balaban J connectivity index is 2.48. The van der Waals surface area contributed by atoms with Crippen molar-refractivity contribution in [2.24, 2.45) is 0 Å². The van der Waals surface area contributed by atoms with Crippen molar-refractivity contribution in [1.29, 1.82) is 0 Å². The molecule has 1 saturated heterocycles. The first-order valence-electron chi connectivity index (χ1n) is 4.00. The highest BCUT2D eigenvalue weighted by atomic mass is 32.0. The van der Waals surface area contributed by atoms with Gasteiger partial charge in [0.15, 0.2) is 5.60 Å². The summed E-state index contributed by atoms with van der Waals surface area (Å²) in [5.41, 5.74) is -0.532. The summed E-state index contributed by atoms with van der Waals surface area (Å²) in [5, 5.41) is 0. The molecule has 13 heavy (non-hydrogen) atoms. The molecule has 0 aliphatic carbocycles. The summed E-state index contributed by atoms with van der Waals surface area (Å²) in [4.78, 5) is 11.0. The van der Waals surface area contributed by atoms with E-state index in [9.17, 15) is 4.79 Å². The van der Waals surface area contributed by atoms with Crippen molar-refractivity contribution >= 4 is 23.4 Å². The highest BCUT2D eigenvalue weighted by Crippen LogP contribution is 2.31. The van der Waals surface area contributed by atoms with Gasteiger partial charge in [-0.05, 0) is 0 Å². The number of methoxy groups -OCH3 is 1. The van der Waals surface area contributed by atoms with Gasteiger partial charge in [0.1, 0.15) is 0 Å². The Bertz CT molecular complexity index is 187.